The maximum Gasteiger partial charge on any atom is 0.333 e. The zero-order valence-corrected chi connectivity index (χ0v) is 14.4. The van der Waals surface area contributed by atoms with Crippen LogP contribution >= 0.6 is 11.3 Å². The van der Waals surface area contributed by atoms with Crippen molar-refractivity contribution in [3.63, 3.8) is 0 Å². The third kappa shape index (κ3) is 2.55. The molecule has 4 rings (SSSR count). The van der Waals surface area contributed by atoms with Gasteiger partial charge in [-0.25, -0.2) is 9.80 Å². The second-order valence-electron chi connectivity index (χ2n) is 5.92. The lowest BCUT2D eigenvalue weighted by atomic mass is 10.1. The largest absolute Gasteiger partial charge is 0.333 e. The van der Waals surface area contributed by atoms with Gasteiger partial charge in [0.2, 0.25) is 0 Å². The molecule has 1 aliphatic carbocycles. The molecule has 0 saturated heterocycles. The van der Waals surface area contributed by atoms with Crippen molar-refractivity contribution < 1.29 is 9.59 Å². The number of amides is 2. The van der Waals surface area contributed by atoms with E-state index in [1.54, 1.807) is 26.2 Å². The number of azo groups is 1. The minimum Gasteiger partial charge on any atom is -0.306 e. The second-order valence-corrected chi connectivity index (χ2v) is 6.86. The number of nitrogens with one attached hydrogen (secondary N) is 2. The molecule has 2 amide bonds. The van der Waals surface area contributed by atoms with E-state index in [1.807, 2.05) is 23.6 Å². The molecule has 0 fully saturated rings. The summed E-state index contributed by atoms with van der Waals surface area (Å²) in [5.41, 5.74) is 5.55. The minimum atomic E-state index is -0.405. The van der Waals surface area contributed by atoms with Crippen LogP contribution in [0.5, 0.6) is 0 Å². The molecule has 0 spiro atoms. The van der Waals surface area contributed by atoms with Gasteiger partial charge in [0.15, 0.2) is 5.78 Å². The third-order valence-electron chi connectivity index (χ3n) is 3.99. The molecule has 25 heavy (non-hydrogen) atoms. The van der Waals surface area contributed by atoms with Crippen molar-refractivity contribution in [1.82, 2.24) is 10.4 Å². The first-order valence-electron chi connectivity index (χ1n) is 7.67. The Balaban J connectivity index is 1.75. The first kappa shape index (κ1) is 15.7. The Kier molecular flexibility index (Phi) is 3.70. The summed E-state index contributed by atoms with van der Waals surface area (Å²) in [6, 6.07) is 8.43. The smallest absolute Gasteiger partial charge is 0.306 e. The van der Waals surface area contributed by atoms with Crippen molar-refractivity contribution in [2.45, 2.75) is 6.04 Å². The summed E-state index contributed by atoms with van der Waals surface area (Å²) < 4.78 is 0. The van der Waals surface area contributed by atoms with Crippen LogP contribution in [0.2, 0.25) is 0 Å². The van der Waals surface area contributed by atoms with E-state index in [9.17, 15) is 9.59 Å². The molecule has 2 heterocycles. The highest BCUT2D eigenvalue weighted by Gasteiger charge is 2.42. The average molecular weight is 353 g/mol. The maximum absolute atomic E-state index is 13.1. The van der Waals surface area contributed by atoms with Crippen molar-refractivity contribution in [2.75, 3.05) is 19.4 Å². The number of thiophene rings is 1. The molecular weight excluding hydrogens is 338 g/mol. The van der Waals surface area contributed by atoms with E-state index in [0.29, 0.717) is 22.5 Å². The predicted molar refractivity (Wildman–Crippen MR) is 95.4 cm³/mol. The lowest BCUT2D eigenvalue weighted by molar-refractivity contribution is 0.103. The van der Waals surface area contributed by atoms with Crippen LogP contribution in [0, 0.1) is 0 Å². The van der Waals surface area contributed by atoms with Crippen LogP contribution in [0.25, 0.3) is 5.70 Å². The number of rotatable bonds is 3. The number of urea groups is 1. The molecule has 126 valence electrons. The van der Waals surface area contributed by atoms with Crippen LogP contribution in [0.15, 0.2) is 51.5 Å². The second kappa shape index (κ2) is 5.91. The fourth-order valence-corrected chi connectivity index (χ4v) is 3.77. The average Bonchev–Trinajstić information content (AvgIpc) is 3.26. The first-order chi connectivity index (χ1) is 12.1. The van der Waals surface area contributed by atoms with Crippen LogP contribution in [-0.4, -0.2) is 30.9 Å². The number of benzene rings is 1. The number of fused-ring (bicyclic) bond motifs is 3. The Morgan fingerprint density at radius 2 is 2.08 bits per heavy atom. The quantitative estimate of drug-likeness (QED) is 0.829. The van der Waals surface area contributed by atoms with E-state index in [0.717, 1.165) is 10.4 Å². The van der Waals surface area contributed by atoms with Crippen molar-refractivity contribution in [2.24, 2.45) is 10.2 Å². The zero-order valence-electron chi connectivity index (χ0n) is 13.6. The molecule has 2 aromatic rings. The van der Waals surface area contributed by atoms with E-state index < -0.39 is 12.1 Å². The lowest BCUT2D eigenvalue weighted by Crippen LogP contribution is -2.39. The molecule has 0 radical (unpaired) electrons. The van der Waals surface area contributed by atoms with Gasteiger partial charge in [-0.05, 0) is 23.1 Å². The summed E-state index contributed by atoms with van der Waals surface area (Å²) in [4.78, 5) is 26.0. The molecule has 0 saturated carbocycles. The highest BCUT2D eigenvalue weighted by molar-refractivity contribution is 7.11. The van der Waals surface area contributed by atoms with Gasteiger partial charge in [-0.15, -0.1) is 11.3 Å². The number of hydrogen-bond acceptors (Lipinski definition) is 6. The number of carbonyl (C=O) groups is 2. The number of hydrazine groups is 1. The molecule has 1 atom stereocenters. The molecule has 7 nitrogen and oxygen atoms in total. The van der Waals surface area contributed by atoms with E-state index in [1.165, 1.54) is 16.3 Å². The van der Waals surface area contributed by atoms with E-state index in [4.69, 9.17) is 0 Å². The third-order valence-corrected chi connectivity index (χ3v) is 4.87. The highest BCUT2D eigenvalue weighted by Crippen LogP contribution is 2.49. The first-order valence-corrected chi connectivity index (χ1v) is 8.55. The van der Waals surface area contributed by atoms with Gasteiger partial charge in [0.05, 0.1) is 21.7 Å². The molecule has 1 aromatic carbocycles. The van der Waals surface area contributed by atoms with Gasteiger partial charge >= 0.3 is 6.03 Å². The minimum absolute atomic E-state index is 0.130. The fraction of sp³-hybridized carbons (Fsp3) is 0.176. The molecule has 0 bridgehead atoms. The van der Waals surface area contributed by atoms with Crippen LogP contribution in [0.3, 0.4) is 0 Å². The fourth-order valence-electron chi connectivity index (χ4n) is 3.04. The molecule has 1 aromatic heterocycles. The van der Waals surface area contributed by atoms with Crippen molar-refractivity contribution >= 4 is 34.5 Å². The van der Waals surface area contributed by atoms with Crippen LogP contribution in [0.1, 0.15) is 26.8 Å². The number of anilines is 1. The summed E-state index contributed by atoms with van der Waals surface area (Å²) >= 11 is 1.52. The van der Waals surface area contributed by atoms with Gasteiger partial charge in [0.25, 0.3) is 0 Å². The van der Waals surface area contributed by atoms with Gasteiger partial charge in [0.1, 0.15) is 11.7 Å². The van der Waals surface area contributed by atoms with Crippen molar-refractivity contribution in [3.05, 3.63) is 57.3 Å². The summed E-state index contributed by atoms with van der Waals surface area (Å²) in [6.07, 6.45) is 0. The Bertz CT molecular complexity index is 931. The summed E-state index contributed by atoms with van der Waals surface area (Å²) in [5, 5.41) is 14.7. The number of nitrogens with zero attached hydrogens (tertiary/aromatic N) is 3. The molecular formula is C17H15N5O2S. The number of carbonyl (C=O) groups excluding carboxylic acids is 2. The Morgan fingerprint density at radius 3 is 2.80 bits per heavy atom. The van der Waals surface area contributed by atoms with Gasteiger partial charge in [0, 0.05) is 14.1 Å². The molecule has 1 aliphatic heterocycles. The van der Waals surface area contributed by atoms with Crippen LogP contribution in [-0.2, 0) is 0 Å². The summed E-state index contributed by atoms with van der Waals surface area (Å²) in [7, 11) is 3.42. The molecule has 8 heteroatoms. The molecule has 2 N–H and O–H groups in total. The Labute approximate surface area is 148 Å². The number of Topliss-reactive ketones (excluding diaryl/α,β-unsaturated/α-hetero) is 1. The monoisotopic (exact) mass is 353 g/mol. The Hall–Kier alpha value is -2.84. The Morgan fingerprint density at radius 1 is 1.24 bits per heavy atom. The highest BCUT2D eigenvalue weighted by atomic mass is 32.1. The molecule has 2 aliphatic rings. The van der Waals surface area contributed by atoms with Crippen LogP contribution < -0.4 is 10.7 Å². The summed E-state index contributed by atoms with van der Waals surface area (Å²) in [6.45, 7) is 0. The van der Waals surface area contributed by atoms with Gasteiger partial charge in [-0.1, -0.05) is 18.2 Å². The van der Waals surface area contributed by atoms with Gasteiger partial charge in [-0.2, -0.15) is 10.2 Å². The standard InChI is InChI=1S/C17H15N5O2S/c1-22(2)21-17(24)18-10-6-3-5-9-12(10)16(23)13-14(9)19-20-15(13)11-7-4-8-25-11/h3-8,14H,1-2H3,(H2,18,21,24). The van der Waals surface area contributed by atoms with E-state index in [-0.39, 0.29) is 5.78 Å². The SMILES string of the molecule is CN(C)NC(=O)Nc1cccc2c1C(=O)C1=C(c3cccs3)N=NC12. The van der Waals surface area contributed by atoms with Crippen molar-refractivity contribution in [1.29, 1.82) is 0 Å². The van der Waals surface area contributed by atoms with Gasteiger partial charge in [-0.3, -0.25) is 10.2 Å². The van der Waals surface area contributed by atoms with Crippen LogP contribution in [0.4, 0.5) is 10.5 Å². The van der Waals surface area contributed by atoms with E-state index in [2.05, 4.69) is 21.0 Å². The van der Waals surface area contributed by atoms with Gasteiger partial charge < -0.3 is 5.32 Å². The summed E-state index contributed by atoms with van der Waals surface area (Å²) in [5.74, 6) is -0.130. The molecule has 1 unspecified atom stereocenters. The topological polar surface area (TPSA) is 86.2 Å². The van der Waals surface area contributed by atoms with Crippen molar-refractivity contribution in [3.8, 4) is 0 Å². The maximum atomic E-state index is 13.1. The lowest BCUT2D eigenvalue weighted by Gasteiger charge is -2.14. The van der Waals surface area contributed by atoms with E-state index >= 15 is 0 Å². The number of hydrogen-bond donors (Lipinski definition) is 2. The number of ketones is 1. The normalized spacial score (nSPS) is 17.9. The predicted octanol–water partition coefficient (Wildman–Crippen LogP) is 3.46. The zero-order chi connectivity index (χ0) is 17.6.